The third-order valence-electron chi connectivity index (χ3n) is 0.911. The predicted molar refractivity (Wildman–Crippen MR) is 60.5 cm³/mol. The van der Waals surface area contributed by atoms with E-state index in [-0.39, 0.29) is 21.7 Å². The van der Waals surface area contributed by atoms with Gasteiger partial charge in [0.2, 0.25) is 0 Å². The largest absolute Gasteiger partial charge is 0.400 e. The Balaban J connectivity index is -0.0000000273. The average molecular weight is 242 g/mol. The second kappa shape index (κ2) is 68.9. The van der Waals surface area contributed by atoms with Gasteiger partial charge < -0.3 is 22.9 Å². The van der Waals surface area contributed by atoms with Gasteiger partial charge in [-0.3, -0.25) is 0 Å². The van der Waals surface area contributed by atoms with Crippen molar-refractivity contribution in [2.45, 2.75) is 39.5 Å². The van der Waals surface area contributed by atoms with Crippen molar-refractivity contribution >= 4 is 0 Å². The first kappa shape index (κ1) is 29.3. The van der Waals surface area contributed by atoms with E-state index in [0.29, 0.717) is 0 Å². The van der Waals surface area contributed by atoms with Crippen molar-refractivity contribution in [3.8, 4) is 0 Å². The third kappa shape index (κ3) is 131. The molecule has 0 bridgehead atoms. The van der Waals surface area contributed by atoms with E-state index in [2.05, 4.69) is 20.8 Å². The van der Waals surface area contributed by atoms with E-state index >= 15 is 0 Å². The number of hydrogen-bond donors (Lipinski definition) is 3. The Hall–Kier alpha value is 0.594. The third-order valence-corrected chi connectivity index (χ3v) is 0.911. The van der Waals surface area contributed by atoms with Crippen LogP contribution in [0.15, 0.2) is 0 Å². The zero-order valence-electron chi connectivity index (χ0n) is 10.2. The second-order valence-electron chi connectivity index (χ2n) is 2.00. The molecule has 0 unspecified atom stereocenters. The Morgan fingerprint density at radius 1 is 1.00 bits per heavy atom. The molecule has 0 amide bonds. The Morgan fingerprint density at radius 2 is 1.29 bits per heavy atom. The Bertz CT molecular complexity index is 37.3. The summed E-state index contributed by atoms with van der Waals surface area (Å²) in [6.07, 6.45) is 4.66. The second-order valence-corrected chi connectivity index (χ2v) is 2.00. The normalized spacial score (nSPS) is 6.00. The van der Waals surface area contributed by atoms with E-state index in [1.54, 1.807) is 0 Å². The molecule has 0 aliphatic carbocycles. The van der Waals surface area contributed by atoms with Crippen LogP contribution in [-0.4, -0.2) is 31.0 Å². The zero-order valence-corrected chi connectivity index (χ0v) is 11.8. The monoisotopic (exact) mass is 242 g/mol. The summed E-state index contributed by atoms with van der Waals surface area (Å²) >= 11 is 0. The van der Waals surface area contributed by atoms with Crippen LogP contribution in [-0.2, 0) is 21.7 Å². The van der Waals surface area contributed by atoms with Gasteiger partial charge in [0.1, 0.15) is 0 Å². The first-order chi connectivity index (χ1) is 6.33. The van der Waals surface area contributed by atoms with E-state index in [9.17, 15) is 0 Å². The summed E-state index contributed by atoms with van der Waals surface area (Å²) in [6, 6.07) is 0. The quantitative estimate of drug-likeness (QED) is 0.520. The maximum atomic E-state index is 7.00. The van der Waals surface area contributed by atoms with E-state index in [4.69, 9.17) is 15.9 Å². The molecule has 0 heterocycles. The van der Waals surface area contributed by atoms with Gasteiger partial charge >= 0.3 is 0 Å². The standard InChI is InChI=1S/C4H11N.C4H9.2CH4O.Ti/c1-2-3-4-5;1-3-4-2;2*1-2;/h2-5H2,1H3;1,3-4H2,2H3;2*2H,1H3;/q;-1;;;. The fraction of sp³-hybridized carbons (Fsp3) is 0.900. The molecule has 90 valence electrons. The molecule has 0 aromatic carbocycles. The molecule has 0 aromatic heterocycles. The van der Waals surface area contributed by atoms with Crippen LogP contribution in [0.3, 0.4) is 0 Å². The summed E-state index contributed by atoms with van der Waals surface area (Å²) in [5.74, 6) is 0. The van der Waals surface area contributed by atoms with Crippen molar-refractivity contribution in [1.29, 1.82) is 0 Å². The molecule has 0 saturated carbocycles. The molecule has 0 rings (SSSR count). The molecule has 0 saturated heterocycles. The van der Waals surface area contributed by atoms with Crippen LogP contribution in [0.1, 0.15) is 39.5 Å². The minimum Gasteiger partial charge on any atom is -0.400 e. The molecule has 0 fully saturated rings. The number of aliphatic hydroxyl groups excluding tert-OH is 2. The Kier molecular flexibility index (Phi) is 144. The van der Waals surface area contributed by atoms with Crippen molar-refractivity contribution in [3.63, 3.8) is 0 Å². The van der Waals surface area contributed by atoms with Crippen molar-refractivity contribution in [3.05, 3.63) is 6.92 Å². The number of unbranched alkanes of at least 4 members (excludes halogenated alkanes) is 2. The summed E-state index contributed by atoms with van der Waals surface area (Å²) in [4.78, 5) is 0. The summed E-state index contributed by atoms with van der Waals surface area (Å²) in [5.41, 5.74) is 5.14. The molecular formula is C10H28NO2Ti-. The van der Waals surface area contributed by atoms with Gasteiger partial charge in [0.15, 0.2) is 0 Å². The first-order valence-corrected chi connectivity index (χ1v) is 4.72. The SMILES string of the molecule is CCCCN.CO.CO.[CH2-]CCC.[Ti]. The molecule has 3 nitrogen and oxygen atoms in total. The Labute approximate surface area is 105 Å². The molecule has 0 aromatic rings. The van der Waals surface area contributed by atoms with Gasteiger partial charge in [-0.1, -0.05) is 26.7 Å². The van der Waals surface area contributed by atoms with Gasteiger partial charge in [-0.05, 0) is 13.0 Å². The van der Waals surface area contributed by atoms with Crippen LogP contribution in [0.5, 0.6) is 0 Å². The molecule has 0 atom stereocenters. The number of aliphatic hydroxyl groups is 2. The van der Waals surface area contributed by atoms with E-state index < -0.39 is 0 Å². The fourth-order valence-corrected chi connectivity index (χ4v) is 0.204. The smallest absolute Gasteiger partial charge is 0.0319 e. The van der Waals surface area contributed by atoms with Crippen LogP contribution in [0, 0.1) is 6.92 Å². The molecule has 0 aliphatic rings. The number of hydrogen-bond acceptors (Lipinski definition) is 3. The zero-order chi connectivity index (χ0) is 11.5. The van der Waals surface area contributed by atoms with Gasteiger partial charge in [-0.15, -0.1) is 0 Å². The number of rotatable bonds is 3. The van der Waals surface area contributed by atoms with Gasteiger partial charge in [-0.2, -0.15) is 6.42 Å². The van der Waals surface area contributed by atoms with Crippen LogP contribution in [0.2, 0.25) is 0 Å². The number of nitrogens with two attached hydrogens (primary N) is 1. The molecule has 14 heavy (non-hydrogen) atoms. The van der Waals surface area contributed by atoms with Gasteiger partial charge in [0, 0.05) is 35.9 Å². The summed E-state index contributed by atoms with van der Waals surface area (Å²) in [6.45, 7) is 8.70. The van der Waals surface area contributed by atoms with Crippen LogP contribution >= 0.6 is 0 Å². The topological polar surface area (TPSA) is 66.5 Å². The minimum absolute atomic E-state index is 0. The van der Waals surface area contributed by atoms with E-state index in [1.807, 2.05) is 0 Å². The maximum Gasteiger partial charge on any atom is 0.0319 e. The summed E-state index contributed by atoms with van der Waals surface area (Å²) in [7, 11) is 2.00. The van der Waals surface area contributed by atoms with Crippen LogP contribution in [0.25, 0.3) is 0 Å². The molecule has 0 spiro atoms. The van der Waals surface area contributed by atoms with Crippen molar-refractivity contribution in [2.24, 2.45) is 5.73 Å². The predicted octanol–water partition coefficient (Wildman–Crippen LogP) is 1.58. The molecule has 0 aliphatic heterocycles. The maximum absolute atomic E-state index is 7.00. The van der Waals surface area contributed by atoms with Gasteiger partial charge in [0.05, 0.1) is 0 Å². The van der Waals surface area contributed by atoms with E-state index in [1.165, 1.54) is 19.3 Å². The van der Waals surface area contributed by atoms with Crippen molar-refractivity contribution in [1.82, 2.24) is 0 Å². The van der Waals surface area contributed by atoms with Gasteiger partial charge in [0.25, 0.3) is 0 Å². The summed E-state index contributed by atoms with van der Waals surface area (Å²) < 4.78 is 0. The summed E-state index contributed by atoms with van der Waals surface area (Å²) in [5, 5.41) is 14.0. The van der Waals surface area contributed by atoms with E-state index in [0.717, 1.165) is 27.2 Å². The van der Waals surface area contributed by atoms with Gasteiger partial charge in [-0.25, -0.2) is 0 Å². The van der Waals surface area contributed by atoms with Crippen molar-refractivity contribution in [2.75, 3.05) is 20.8 Å². The first-order valence-electron chi connectivity index (χ1n) is 4.72. The fourth-order valence-electron chi connectivity index (χ4n) is 0.204. The van der Waals surface area contributed by atoms with Crippen molar-refractivity contribution < 1.29 is 31.9 Å². The molecule has 4 N–H and O–H groups in total. The van der Waals surface area contributed by atoms with Crippen LogP contribution < -0.4 is 5.73 Å². The minimum atomic E-state index is 0. The molecule has 0 radical (unpaired) electrons. The Morgan fingerprint density at radius 3 is 1.29 bits per heavy atom. The van der Waals surface area contributed by atoms with Crippen LogP contribution in [0.4, 0.5) is 0 Å². The molecular weight excluding hydrogens is 214 g/mol. The average Bonchev–Trinajstić information content (AvgIpc) is 2.25. The molecule has 4 heteroatoms.